The number of likely N-dealkylation sites (tertiary alicyclic amines) is 1. The van der Waals surface area contributed by atoms with E-state index < -0.39 is 42.1 Å². The standard InChI is InChI=1S/C22H22N6O8/c1-36-22(35)17-18(31)15(29)9-27(17)21(34)13-8-28(25-24-13)11-2-3-12-10(6-11)7-26(20(12)33)14-4-5-16(30)23-19(14)32/h2-3,6,8,14-15,17-18,29,31H,4-5,7,9H2,1H3,(H,23,30,32)/t14?,15-,17-,18-/m0/s1. The van der Waals surface area contributed by atoms with Gasteiger partial charge in [0.1, 0.15) is 18.2 Å². The molecule has 4 heterocycles. The van der Waals surface area contributed by atoms with E-state index in [9.17, 15) is 34.2 Å². The highest BCUT2D eigenvalue weighted by Gasteiger charge is 2.48. The number of nitrogens with zero attached hydrogens (tertiary/aromatic N) is 5. The van der Waals surface area contributed by atoms with E-state index in [2.05, 4.69) is 20.4 Å². The molecule has 4 amide bonds. The molecule has 3 aliphatic heterocycles. The van der Waals surface area contributed by atoms with Crippen LogP contribution in [0.4, 0.5) is 0 Å². The molecule has 1 unspecified atom stereocenters. The first-order chi connectivity index (χ1) is 17.2. The van der Waals surface area contributed by atoms with E-state index in [1.165, 1.54) is 15.8 Å². The van der Waals surface area contributed by atoms with Gasteiger partial charge in [-0.3, -0.25) is 24.5 Å². The predicted molar refractivity (Wildman–Crippen MR) is 116 cm³/mol. The number of aromatic nitrogens is 3. The Morgan fingerprint density at radius 1 is 1.19 bits per heavy atom. The van der Waals surface area contributed by atoms with Gasteiger partial charge in [0, 0.05) is 18.5 Å². The third kappa shape index (κ3) is 3.79. The third-order valence-corrected chi connectivity index (χ3v) is 6.62. The monoisotopic (exact) mass is 498 g/mol. The van der Waals surface area contributed by atoms with Crippen molar-refractivity contribution in [2.24, 2.45) is 0 Å². The first-order valence-corrected chi connectivity index (χ1v) is 11.1. The van der Waals surface area contributed by atoms with Crippen LogP contribution in [-0.2, 0) is 25.7 Å². The van der Waals surface area contributed by atoms with E-state index in [1.54, 1.807) is 18.2 Å². The Kier molecular flexibility index (Phi) is 5.76. The molecule has 0 saturated carbocycles. The molecule has 3 aliphatic rings. The number of benzene rings is 1. The number of esters is 1. The third-order valence-electron chi connectivity index (χ3n) is 6.62. The van der Waals surface area contributed by atoms with Crippen molar-refractivity contribution in [2.45, 2.75) is 43.7 Å². The van der Waals surface area contributed by atoms with Gasteiger partial charge in [0.2, 0.25) is 11.8 Å². The van der Waals surface area contributed by atoms with Gasteiger partial charge in [0.25, 0.3) is 11.8 Å². The number of hydrogen-bond donors (Lipinski definition) is 3. The van der Waals surface area contributed by atoms with Gasteiger partial charge in [-0.05, 0) is 30.2 Å². The molecule has 0 radical (unpaired) electrons. The molecule has 14 nitrogen and oxygen atoms in total. The number of carbonyl (C=O) groups excluding carboxylic acids is 5. The van der Waals surface area contributed by atoms with Crippen LogP contribution >= 0.6 is 0 Å². The zero-order valence-corrected chi connectivity index (χ0v) is 19.0. The first kappa shape index (κ1) is 23.6. The molecule has 5 rings (SSSR count). The summed E-state index contributed by atoms with van der Waals surface area (Å²) in [7, 11) is 1.11. The molecule has 1 aromatic heterocycles. The van der Waals surface area contributed by atoms with Crippen LogP contribution in [0.3, 0.4) is 0 Å². The minimum atomic E-state index is -1.50. The molecule has 188 valence electrons. The average Bonchev–Trinajstić information content (AvgIpc) is 3.55. The van der Waals surface area contributed by atoms with Crippen LogP contribution in [0.5, 0.6) is 0 Å². The van der Waals surface area contributed by atoms with Crippen LogP contribution in [0, 0.1) is 0 Å². The number of methoxy groups -OCH3 is 1. The summed E-state index contributed by atoms with van der Waals surface area (Å²) in [5, 5.41) is 30.1. The quantitative estimate of drug-likeness (QED) is 0.307. The predicted octanol–water partition coefficient (Wildman–Crippen LogP) is -2.25. The van der Waals surface area contributed by atoms with Gasteiger partial charge < -0.3 is 24.7 Å². The zero-order valence-electron chi connectivity index (χ0n) is 19.0. The number of piperidine rings is 1. The summed E-state index contributed by atoms with van der Waals surface area (Å²) in [6.45, 7) is -0.122. The summed E-state index contributed by atoms with van der Waals surface area (Å²) >= 11 is 0. The highest BCUT2D eigenvalue weighted by atomic mass is 16.5. The number of amides is 4. The van der Waals surface area contributed by atoms with Crippen molar-refractivity contribution in [2.75, 3.05) is 13.7 Å². The van der Waals surface area contributed by atoms with Crippen LogP contribution in [0.25, 0.3) is 5.69 Å². The van der Waals surface area contributed by atoms with Crippen LogP contribution in [0.2, 0.25) is 0 Å². The molecular formula is C22H22N6O8. The molecule has 4 atom stereocenters. The number of aliphatic hydroxyl groups is 2. The molecular weight excluding hydrogens is 476 g/mol. The number of fused-ring (bicyclic) bond motifs is 1. The summed E-state index contributed by atoms with van der Waals surface area (Å²) in [5.74, 6) is -2.79. The molecule has 3 N–H and O–H groups in total. The molecule has 2 aromatic rings. The van der Waals surface area contributed by atoms with Gasteiger partial charge in [0.15, 0.2) is 11.7 Å². The summed E-state index contributed by atoms with van der Waals surface area (Å²) in [6, 6.07) is 2.75. The Hall–Kier alpha value is -4.17. The van der Waals surface area contributed by atoms with E-state index in [-0.39, 0.29) is 43.4 Å². The fraction of sp³-hybridized carbons (Fsp3) is 0.409. The molecule has 36 heavy (non-hydrogen) atoms. The fourth-order valence-electron chi connectivity index (χ4n) is 4.75. The SMILES string of the molecule is COC(=O)[C@@H]1[C@@H](O)[C@@H](O)CN1C(=O)c1cn(-c2ccc3c(c2)CN(C2CCC(=O)NC2=O)C3=O)nn1. The maximum atomic E-state index is 13.0. The molecule has 2 fully saturated rings. The number of imide groups is 1. The van der Waals surface area contributed by atoms with Crippen molar-refractivity contribution in [1.29, 1.82) is 0 Å². The molecule has 2 saturated heterocycles. The largest absolute Gasteiger partial charge is 0.467 e. The number of nitrogens with one attached hydrogen (secondary N) is 1. The van der Waals surface area contributed by atoms with Crippen LogP contribution in [0.15, 0.2) is 24.4 Å². The Labute approximate surface area is 203 Å². The lowest BCUT2D eigenvalue weighted by Crippen LogP contribution is -2.52. The number of hydrogen-bond acceptors (Lipinski definition) is 10. The molecule has 0 spiro atoms. The number of ether oxygens (including phenoxy) is 1. The van der Waals surface area contributed by atoms with Crippen molar-refractivity contribution >= 4 is 29.6 Å². The van der Waals surface area contributed by atoms with Gasteiger partial charge in [-0.2, -0.15) is 0 Å². The van der Waals surface area contributed by atoms with Gasteiger partial charge >= 0.3 is 5.97 Å². The molecule has 0 bridgehead atoms. The molecule has 1 aromatic carbocycles. The Bertz CT molecular complexity index is 1290. The minimum absolute atomic E-state index is 0.132. The Balaban J connectivity index is 1.36. The summed E-state index contributed by atoms with van der Waals surface area (Å²) in [4.78, 5) is 64.0. The van der Waals surface area contributed by atoms with Crippen molar-refractivity contribution in [3.8, 4) is 5.69 Å². The van der Waals surface area contributed by atoms with Gasteiger partial charge in [-0.1, -0.05) is 5.21 Å². The van der Waals surface area contributed by atoms with E-state index in [1.807, 2.05) is 0 Å². The maximum absolute atomic E-state index is 13.0. The molecule has 0 aliphatic carbocycles. The maximum Gasteiger partial charge on any atom is 0.331 e. The summed E-state index contributed by atoms with van der Waals surface area (Å²) in [5.41, 5.74) is 1.42. The number of carbonyl (C=O) groups is 5. The Morgan fingerprint density at radius 2 is 1.97 bits per heavy atom. The second-order valence-electron chi connectivity index (χ2n) is 8.77. The number of β-amino-alcohol motifs (C(OH)–C–C–N with tert-alkyl or cyclic N) is 1. The van der Waals surface area contributed by atoms with Crippen molar-refractivity contribution in [1.82, 2.24) is 30.1 Å². The molecule has 14 heteroatoms. The highest BCUT2D eigenvalue weighted by Crippen LogP contribution is 2.29. The first-order valence-electron chi connectivity index (χ1n) is 11.1. The van der Waals surface area contributed by atoms with E-state index >= 15 is 0 Å². The lowest BCUT2D eigenvalue weighted by Gasteiger charge is -2.29. The van der Waals surface area contributed by atoms with E-state index in [0.717, 1.165) is 12.0 Å². The van der Waals surface area contributed by atoms with E-state index in [4.69, 9.17) is 0 Å². The highest BCUT2D eigenvalue weighted by molar-refractivity contribution is 6.05. The Morgan fingerprint density at radius 3 is 2.69 bits per heavy atom. The average molecular weight is 498 g/mol. The number of aliphatic hydroxyl groups excluding tert-OH is 2. The summed E-state index contributed by atoms with van der Waals surface area (Å²) < 4.78 is 5.95. The summed E-state index contributed by atoms with van der Waals surface area (Å²) in [6.07, 6.45) is -1.10. The van der Waals surface area contributed by atoms with Gasteiger partial charge in [-0.15, -0.1) is 5.10 Å². The topological polar surface area (TPSA) is 184 Å². The zero-order chi connectivity index (χ0) is 25.7. The van der Waals surface area contributed by atoms with Crippen molar-refractivity contribution in [3.05, 3.63) is 41.2 Å². The van der Waals surface area contributed by atoms with Crippen LogP contribution in [-0.4, -0.2) is 103 Å². The lowest BCUT2D eigenvalue weighted by molar-refractivity contribution is -0.148. The second-order valence-corrected chi connectivity index (χ2v) is 8.77. The lowest BCUT2D eigenvalue weighted by atomic mass is 10.0. The van der Waals surface area contributed by atoms with Gasteiger partial charge in [0.05, 0.1) is 25.5 Å². The van der Waals surface area contributed by atoms with Crippen LogP contribution in [0.1, 0.15) is 39.3 Å². The fourth-order valence-corrected chi connectivity index (χ4v) is 4.75. The van der Waals surface area contributed by atoms with Crippen molar-refractivity contribution in [3.63, 3.8) is 0 Å². The minimum Gasteiger partial charge on any atom is -0.467 e. The number of rotatable bonds is 4. The van der Waals surface area contributed by atoms with Crippen LogP contribution < -0.4 is 5.32 Å². The van der Waals surface area contributed by atoms with Gasteiger partial charge in [-0.25, -0.2) is 9.48 Å². The smallest absolute Gasteiger partial charge is 0.331 e. The van der Waals surface area contributed by atoms with Crippen molar-refractivity contribution < 1.29 is 38.9 Å². The normalized spacial score (nSPS) is 25.7. The van der Waals surface area contributed by atoms with E-state index in [0.29, 0.717) is 16.8 Å². The second kappa shape index (κ2) is 8.80.